The topological polar surface area (TPSA) is 75.3 Å². The van der Waals surface area contributed by atoms with Gasteiger partial charge in [0.25, 0.3) is 0 Å². The number of amides is 1. The molecule has 1 atom stereocenters. The van der Waals surface area contributed by atoms with Crippen LogP contribution < -0.4 is 11.1 Å². The van der Waals surface area contributed by atoms with Gasteiger partial charge in [0.15, 0.2) is 0 Å². The predicted molar refractivity (Wildman–Crippen MR) is 56.8 cm³/mol. The molecule has 0 aromatic heterocycles. The first-order chi connectivity index (χ1) is 6.56. The van der Waals surface area contributed by atoms with E-state index in [1.165, 1.54) is 0 Å². The second kappa shape index (κ2) is 7.76. The standard InChI is InChI=1S/C10H22N2O2/c1-8(2)6-9(13)7-12-10(14)4-3-5-11/h8-9,13H,3-7,11H2,1-2H3,(H,12,14). The van der Waals surface area contributed by atoms with E-state index in [2.05, 4.69) is 5.32 Å². The lowest BCUT2D eigenvalue weighted by molar-refractivity contribution is -0.121. The van der Waals surface area contributed by atoms with Gasteiger partial charge in [0.1, 0.15) is 0 Å². The fourth-order valence-electron chi connectivity index (χ4n) is 1.21. The second-order valence-electron chi connectivity index (χ2n) is 3.98. The fourth-order valence-corrected chi connectivity index (χ4v) is 1.21. The Morgan fingerprint density at radius 1 is 1.50 bits per heavy atom. The van der Waals surface area contributed by atoms with Crippen molar-refractivity contribution in [3.63, 3.8) is 0 Å². The number of hydrogen-bond acceptors (Lipinski definition) is 3. The number of hydrogen-bond donors (Lipinski definition) is 3. The minimum Gasteiger partial charge on any atom is -0.391 e. The van der Waals surface area contributed by atoms with Crippen LogP contribution in [0.4, 0.5) is 0 Å². The molecule has 4 nitrogen and oxygen atoms in total. The van der Waals surface area contributed by atoms with Gasteiger partial charge in [-0.25, -0.2) is 0 Å². The Morgan fingerprint density at radius 3 is 2.64 bits per heavy atom. The molecule has 0 spiro atoms. The highest BCUT2D eigenvalue weighted by Gasteiger charge is 2.08. The average molecular weight is 202 g/mol. The molecular weight excluding hydrogens is 180 g/mol. The van der Waals surface area contributed by atoms with Crippen LogP contribution in [0.2, 0.25) is 0 Å². The maximum atomic E-state index is 11.1. The number of rotatable bonds is 7. The lowest BCUT2D eigenvalue weighted by atomic mass is 10.1. The molecule has 0 aliphatic heterocycles. The number of nitrogens with two attached hydrogens (primary N) is 1. The van der Waals surface area contributed by atoms with Crippen molar-refractivity contribution >= 4 is 5.91 Å². The van der Waals surface area contributed by atoms with E-state index in [-0.39, 0.29) is 5.91 Å². The summed E-state index contributed by atoms with van der Waals surface area (Å²) < 4.78 is 0. The van der Waals surface area contributed by atoms with E-state index in [4.69, 9.17) is 5.73 Å². The largest absolute Gasteiger partial charge is 0.391 e. The van der Waals surface area contributed by atoms with Crippen LogP contribution >= 0.6 is 0 Å². The van der Waals surface area contributed by atoms with E-state index < -0.39 is 6.10 Å². The van der Waals surface area contributed by atoms with Gasteiger partial charge in [-0.1, -0.05) is 13.8 Å². The Labute approximate surface area is 85.9 Å². The highest BCUT2D eigenvalue weighted by atomic mass is 16.3. The summed E-state index contributed by atoms with van der Waals surface area (Å²) in [4.78, 5) is 11.1. The number of carbonyl (C=O) groups is 1. The smallest absolute Gasteiger partial charge is 0.220 e. The molecule has 1 amide bonds. The van der Waals surface area contributed by atoms with Crippen molar-refractivity contribution in [3.05, 3.63) is 0 Å². The van der Waals surface area contributed by atoms with Crippen LogP contribution in [-0.4, -0.2) is 30.2 Å². The third-order valence-electron chi connectivity index (χ3n) is 1.89. The SMILES string of the molecule is CC(C)CC(O)CNC(=O)CCCN. The Bertz CT molecular complexity index is 160. The minimum atomic E-state index is -0.433. The van der Waals surface area contributed by atoms with Crippen LogP contribution in [0.1, 0.15) is 33.1 Å². The number of carbonyl (C=O) groups excluding carboxylic acids is 1. The molecule has 0 saturated heterocycles. The van der Waals surface area contributed by atoms with Gasteiger partial charge in [-0.15, -0.1) is 0 Å². The number of aliphatic hydroxyl groups is 1. The summed E-state index contributed by atoms with van der Waals surface area (Å²) in [5.41, 5.74) is 5.27. The first-order valence-corrected chi connectivity index (χ1v) is 5.21. The minimum absolute atomic E-state index is 0.0294. The zero-order valence-corrected chi connectivity index (χ0v) is 9.12. The molecule has 0 aliphatic rings. The van der Waals surface area contributed by atoms with Crippen LogP contribution in [0, 0.1) is 5.92 Å². The Hall–Kier alpha value is -0.610. The van der Waals surface area contributed by atoms with Gasteiger partial charge in [0, 0.05) is 13.0 Å². The van der Waals surface area contributed by atoms with E-state index >= 15 is 0 Å². The van der Waals surface area contributed by atoms with Crippen molar-refractivity contribution in [2.24, 2.45) is 11.7 Å². The summed E-state index contributed by atoms with van der Waals surface area (Å²) in [5.74, 6) is 0.421. The lowest BCUT2D eigenvalue weighted by Gasteiger charge is -2.13. The first-order valence-electron chi connectivity index (χ1n) is 5.21. The van der Waals surface area contributed by atoms with E-state index in [9.17, 15) is 9.90 Å². The van der Waals surface area contributed by atoms with E-state index in [1.807, 2.05) is 13.8 Å². The van der Waals surface area contributed by atoms with Gasteiger partial charge in [-0.3, -0.25) is 4.79 Å². The normalized spacial score (nSPS) is 12.9. The van der Waals surface area contributed by atoms with Crippen molar-refractivity contribution in [1.29, 1.82) is 0 Å². The molecule has 0 fully saturated rings. The summed E-state index contributed by atoms with van der Waals surface area (Å²) in [5, 5.41) is 12.1. The second-order valence-corrected chi connectivity index (χ2v) is 3.98. The average Bonchev–Trinajstić information content (AvgIpc) is 2.10. The van der Waals surface area contributed by atoms with Gasteiger partial charge >= 0.3 is 0 Å². The lowest BCUT2D eigenvalue weighted by Crippen LogP contribution is -2.32. The summed E-state index contributed by atoms with van der Waals surface area (Å²) in [7, 11) is 0. The molecule has 0 radical (unpaired) electrons. The third kappa shape index (κ3) is 8.01. The van der Waals surface area contributed by atoms with Crippen molar-refractivity contribution in [2.75, 3.05) is 13.1 Å². The molecule has 84 valence electrons. The number of aliphatic hydroxyl groups excluding tert-OH is 1. The van der Waals surface area contributed by atoms with E-state index in [0.29, 0.717) is 31.8 Å². The zero-order valence-electron chi connectivity index (χ0n) is 9.12. The molecule has 0 aliphatic carbocycles. The zero-order chi connectivity index (χ0) is 11.0. The van der Waals surface area contributed by atoms with Crippen molar-refractivity contribution in [2.45, 2.75) is 39.2 Å². The van der Waals surface area contributed by atoms with Gasteiger partial charge in [0.05, 0.1) is 6.10 Å². The number of nitrogens with one attached hydrogen (secondary N) is 1. The van der Waals surface area contributed by atoms with Gasteiger partial charge in [-0.2, -0.15) is 0 Å². The molecular formula is C10H22N2O2. The molecule has 4 N–H and O–H groups in total. The third-order valence-corrected chi connectivity index (χ3v) is 1.89. The highest BCUT2D eigenvalue weighted by molar-refractivity contribution is 5.75. The van der Waals surface area contributed by atoms with Crippen molar-refractivity contribution in [3.8, 4) is 0 Å². The summed E-state index contributed by atoms with van der Waals surface area (Å²) >= 11 is 0. The molecule has 0 aromatic rings. The highest BCUT2D eigenvalue weighted by Crippen LogP contribution is 2.03. The fraction of sp³-hybridized carbons (Fsp3) is 0.900. The van der Waals surface area contributed by atoms with Crippen LogP contribution in [-0.2, 0) is 4.79 Å². The molecule has 0 aromatic carbocycles. The van der Waals surface area contributed by atoms with E-state index in [0.717, 1.165) is 6.42 Å². The first kappa shape index (κ1) is 13.4. The maximum absolute atomic E-state index is 11.1. The Balaban J connectivity index is 3.45. The summed E-state index contributed by atoms with van der Waals surface area (Å²) in [6, 6.07) is 0. The van der Waals surface area contributed by atoms with Crippen LogP contribution in [0.25, 0.3) is 0 Å². The Morgan fingerprint density at radius 2 is 2.14 bits per heavy atom. The monoisotopic (exact) mass is 202 g/mol. The maximum Gasteiger partial charge on any atom is 0.220 e. The quantitative estimate of drug-likeness (QED) is 0.554. The predicted octanol–water partition coefficient (Wildman–Crippen LogP) is 0.249. The van der Waals surface area contributed by atoms with Crippen LogP contribution in [0.3, 0.4) is 0 Å². The Kier molecular flexibility index (Phi) is 7.42. The summed E-state index contributed by atoms with van der Waals surface area (Å²) in [6.45, 7) is 4.96. The summed E-state index contributed by atoms with van der Waals surface area (Å²) in [6.07, 6.45) is 1.44. The van der Waals surface area contributed by atoms with E-state index in [1.54, 1.807) is 0 Å². The van der Waals surface area contributed by atoms with Crippen molar-refractivity contribution in [1.82, 2.24) is 5.32 Å². The molecule has 0 heterocycles. The molecule has 0 bridgehead atoms. The molecule has 14 heavy (non-hydrogen) atoms. The van der Waals surface area contributed by atoms with Crippen LogP contribution in [0.15, 0.2) is 0 Å². The molecule has 0 saturated carbocycles. The van der Waals surface area contributed by atoms with Gasteiger partial charge < -0.3 is 16.2 Å². The van der Waals surface area contributed by atoms with Gasteiger partial charge in [0.2, 0.25) is 5.91 Å². The molecule has 4 heteroatoms. The van der Waals surface area contributed by atoms with Gasteiger partial charge in [-0.05, 0) is 25.3 Å². The molecule has 1 unspecified atom stereocenters. The molecule has 0 rings (SSSR count). The van der Waals surface area contributed by atoms with Crippen LogP contribution in [0.5, 0.6) is 0 Å². The van der Waals surface area contributed by atoms with Crippen molar-refractivity contribution < 1.29 is 9.90 Å².